The molecule has 0 radical (unpaired) electrons. The Morgan fingerprint density at radius 3 is 2.36 bits per heavy atom. The number of hydrogen-bond donors (Lipinski definition) is 1. The number of ether oxygens (including phenoxy) is 1. The standard InChI is InChI=1S/C19H19N3O5S/c1-3-28(24,25)16-10-6-14(7-11-16)18(23)20-19-22-21-17(27-19)12-13-4-8-15(26-2)9-5-13/h4-11H,3,12H2,1-2H3,(H,20,22,23). The zero-order valence-corrected chi connectivity index (χ0v) is 16.2. The number of carbonyl (C=O) groups is 1. The van der Waals surface area contributed by atoms with Crippen LogP contribution in [0.25, 0.3) is 0 Å². The Hall–Kier alpha value is -3.20. The van der Waals surface area contributed by atoms with Gasteiger partial charge in [-0.25, -0.2) is 8.42 Å². The second-order valence-electron chi connectivity index (χ2n) is 5.91. The molecule has 2 aromatic carbocycles. The monoisotopic (exact) mass is 401 g/mol. The van der Waals surface area contributed by atoms with Gasteiger partial charge in [-0.1, -0.05) is 24.2 Å². The molecule has 3 aromatic rings. The van der Waals surface area contributed by atoms with Gasteiger partial charge < -0.3 is 9.15 Å². The van der Waals surface area contributed by atoms with Crippen LogP contribution in [0.3, 0.4) is 0 Å². The lowest BCUT2D eigenvalue weighted by molar-refractivity contribution is 0.102. The largest absolute Gasteiger partial charge is 0.497 e. The summed E-state index contributed by atoms with van der Waals surface area (Å²) in [5, 5.41) is 10.2. The van der Waals surface area contributed by atoms with Gasteiger partial charge in [0.2, 0.25) is 5.89 Å². The van der Waals surface area contributed by atoms with Gasteiger partial charge in [0.25, 0.3) is 5.91 Å². The van der Waals surface area contributed by atoms with Crippen molar-refractivity contribution < 1.29 is 22.4 Å². The molecular formula is C19H19N3O5S. The molecule has 0 atom stereocenters. The fourth-order valence-electron chi connectivity index (χ4n) is 2.44. The van der Waals surface area contributed by atoms with Crippen LogP contribution in [0.4, 0.5) is 6.01 Å². The first-order valence-corrected chi connectivity index (χ1v) is 10.2. The van der Waals surface area contributed by atoms with E-state index in [0.717, 1.165) is 11.3 Å². The summed E-state index contributed by atoms with van der Waals surface area (Å²) in [6.07, 6.45) is 0.413. The van der Waals surface area contributed by atoms with E-state index in [9.17, 15) is 13.2 Å². The molecule has 0 saturated heterocycles. The first-order valence-electron chi connectivity index (χ1n) is 8.51. The van der Waals surface area contributed by atoms with E-state index in [1.807, 2.05) is 24.3 Å². The number of hydrogen-bond acceptors (Lipinski definition) is 7. The topological polar surface area (TPSA) is 111 Å². The summed E-state index contributed by atoms with van der Waals surface area (Å²) in [7, 11) is -1.72. The molecule has 28 heavy (non-hydrogen) atoms. The van der Waals surface area contributed by atoms with Gasteiger partial charge in [-0.2, -0.15) is 0 Å². The molecule has 0 bridgehead atoms. The number of anilines is 1. The lowest BCUT2D eigenvalue weighted by Gasteiger charge is -2.04. The van der Waals surface area contributed by atoms with Crippen LogP contribution in [0, 0.1) is 0 Å². The van der Waals surface area contributed by atoms with Crippen molar-refractivity contribution in [3.8, 4) is 5.75 Å². The quantitative estimate of drug-likeness (QED) is 0.648. The molecule has 0 aliphatic rings. The fourth-order valence-corrected chi connectivity index (χ4v) is 3.33. The predicted molar refractivity (Wildman–Crippen MR) is 102 cm³/mol. The van der Waals surface area contributed by atoms with E-state index < -0.39 is 15.7 Å². The fraction of sp³-hybridized carbons (Fsp3) is 0.211. The Morgan fingerprint density at radius 2 is 1.75 bits per heavy atom. The molecular weight excluding hydrogens is 382 g/mol. The third-order valence-electron chi connectivity index (χ3n) is 4.06. The molecule has 1 aromatic heterocycles. The number of sulfone groups is 1. The number of aromatic nitrogens is 2. The molecule has 0 aliphatic heterocycles. The first-order chi connectivity index (χ1) is 13.4. The Labute approximate surface area is 162 Å². The number of amides is 1. The maximum Gasteiger partial charge on any atom is 0.322 e. The number of nitrogens with one attached hydrogen (secondary N) is 1. The van der Waals surface area contributed by atoms with Gasteiger partial charge in [-0.05, 0) is 42.0 Å². The van der Waals surface area contributed by atoms with Crippen LogP contribution < -0.4 is 10.1 Å². The Balaban J connectivity index is 1.64. The van der Waals surface area contributed by atoms with Crippen LogP contribution in [0.15, 0.2) is 57.8 Å². The zero-order valence-electron chi connectivity index (χ0n) is 15.4. The van der Waals surface area contributed by atoms with Gasteiger partial charge in [0.1, 0.15) is 5.75 Å². The van der Waals surface area contributed by atoms with Crippen LogP contribution >= 0.6 is 0 Å². The summed E-state index contributed by atoms with van der Waals surface area (Å²) in [5.74, 6) is 0.627. The van der Waals surface area contributed by atoms with E-state index >= 15 is 0 Å². The average Bonchev–Trinajstić information content (AvgIpc) is 3.15. The smallest absolute Gasteiger partial charge is 0.322 e. The third kappa shape index (κ3) is 4.55. The van der Waals surface area contributed by atoms with Gasteiger partial charge in [0.15, 0.2) is 9.84 Å². The molecule has 1 amide bonds. The van der Waals surface area contributed by atoms with Crippen molar-refractivity contribution in [2.24, 2.45) is 0 Å². The van der Waals surface area contributed by atoms with E-state index in [0.29, 0.717) is 12.3 Å². The van der Waals surface area contributed by atoms with Crippen molar-refractivity contribution in [3.63, 3.8) is 0 Å². The normalized spacial score (nSPS) is 11.2. The van der Waals surface area contributed by atoms with E-state index in [1.165, 1.54) is 24.3 Å². The number of methoxy groups -OCH3 is 1. The van der Waals surface area contributed by atoms with E-state index in [-0.39, 0.29) is 22.2 Å². The third-order valence-corrected chi connectivity index (χ3v) is 5.81. The van der Waals surface area contributed by atoms with Crippen molar-refractivity contribution in [3.05, 3.63) is 65.5 Å². The minimum absolute atomic E-state index is 0.00248. The highest BCUT2D eigenvalue weighted by molar-refractivity contribution is 7.91. The van der Waals surface area contributed by atoms with Crippen LogP contribution in [0.1, 0.15) is 28.7 Å². The predicted octanol–water partition coefficient (Wildman–Crippen LogP) is 2.71. The molecule has 9 heteroatoms. The van der Waals surface area contributed by atoms with Crippen LogP contribution in [0.2, 0.25) is 0 Å². The maximum atomic E-state index is 12.3. The highest BCUT2D eigenvalue weighted by Crippen LogP contribution is 2.17. The lowest BCUT2D eigenvalue weighted by atomic mass is 10.1. The van der Waals surface area contributed by atoms with Crippen LogP contribution in [-0.4, -0.2) is 37.4 Å². The van der Waals surface area contributed by atoms with Crippen molar-refractivity contribution in [1.82, 2.24) is 10.2 Å². The molecule has 0 spiro atoms. The summed E-state index contributed by atoms with van der Waals surface area (Å²) in [6, 6.07) is 13.1. The second-order valence-corrected chi connectivity index (χ2v) is 8.19. The van der Waals surface area contributed by atoms with E-state index in [2.05, 4.69) is 15.5 Å². The summed E-state index contributed by atoms with van der Waals surface area (Å²) in [5.41, 5.74) is 1.24. The average molecular weight is 401 g/mol. The molecule has 3 rings (SSSR count). The lowest BCUT2D eigenvalue weighted by Crippen LogP contribution is -2.12. The molecule has 0 saturated carbocycles. The van der Waals surface area contributed by atoms with Gasteiger partial charge in [-0.3, -0.25) is 10.1 Å². The van der Waals surface area contributed by atoms with Crippen molar-refractivity contribution in [2.75, 3.05) is 18.2 Å². The highest BCUT2D eigenvalue weighted by Gasteiger charge is 2.15. The minimum Gasteiger partial charge on any atom is -0.497 e. The van der Waals surface area contributed by atoms with Crippen molar-refractivity contribution >= 4 is 21.8 Å². The second kappa shape index (κ2) is 8.22. The number of benzene rings is 2. The molecule has 0 aliphatic carbocycles. The number of carbonyl (C=O) groups excluding carboxylic acids is 1. The summed E-state index contributed by atoms with van der Waals surface area (Å²) in [4.78, 5) is 12.5. The zero-order chi connectivity index (χ0) is 20.1. The molecule has 0 fully saturated rings. The Morgan fingerprint density at radius 1 is 1.07 bits per heavy atom. The van der Waals surface area contributed by atoms with Gasteiger partial charge in [0, 0.05) is 5.56 Å². The molecule has 8 nitrogen and oxygen atoms in total. The SMILES string of the molecule is CCS(=O)(=O)c1ccc(C(=O)Nc2nnc(Cc3ccc(OC)cc3)o2)cc1. The van der Waals surface area contributed by atoms with Gasteiger partial charge >= 0.3 is 6.01 Å². The summed E-state index contributed by atoms with van der Waals surface area (Å²) < 4.78 is 34.2. The van der Waals surface area contributed by atoms with Crippen molar-refractivity contribution in [2.45, 2.75) is 18.2 Å². The summed E-state index contributed by atoms with van der Waals surface area (Å²) in [6.45, 7) is 1.56. The Bertz CT molecular complexity index is 1060. The summed E-state index contributed by atoms with van der Waals surface area (Å²) >= 11 is 0. The minimum atomic E-state index is -3.31. The number of nitrogens with zero attached hydrogens (tertiary/aromatic N) is 2. The Kier molecular flexibility index (Phi) is 5.74. The van der Waals surface area contributed by atoms with Gasteiger partial charge in [0.05, 0.1) is 24.2 Å². The first kappa shape index (κ1) is 19.6. The maximum absolute atomic E-state index is 12.3. The van der Waals surface area contributed by atoms with Crippen molar-refractivity contribution in [1.29, 1.82) is 0 Å². The number of rotatable bonds is 7. The molecule has 1 N–H and O–H groups in total. The van der Waals surface area contributed by atoms with Gasteiger partial charge in [-0.15, -0.1) is 5.10 Å². The molecule has 0 unspecified atom stereocenters. The molecule has 1 heterocycles. The molecule has 146 valence electrons. The van der Waals surface area contributed by atoms with E-state index in [4.69, 9.17) is 9.15 Å². The van der Waals surface area contributed by atoms with Crippen LogP contribution in [-0.2, 0) is 16.3 Å². The van der Waals surface area contributed by atoms with E-state index in [1.54, 1.807) is 14.0 Å². The highest BCUT2D eigenvalue weighted by atomic mass is 32.2. The van der Waals surface area contributed by atoms with Crippen LogP contribution in [0.5, 0.6) is 5.75 Å².